The second kappa shape index (κ2) is 5.80. The molecule has 0 aliphatic heterocycles. The third-order valence-electron chi connectivity index (χ3n) is 1.34. The summed E-state index contributed by atoms with van der Waals surface area (Å²) in [4.78, 5) is 10.6. The van der Waals surface area contributed by atoms with E-state index in [4.69, 9.17) is 0 Å². The summed E-state index contributed by atoms with van der Waals surface area (Å²) in [5, 5.41) is 0. The van der Waals surface area contributed by atoms with E-state index in [2.05, 4.69) is 13.8 Å². The van der Waals surface area contributed by atoms with E-state index in [1.807, 2.05) is 0 Å². The predicted octanol–water partition coefficient (Wildman–Crippen LogP) is 2.36. The van der Waals surface area contributed by atoms with Crippen LogP contribution in [0.25, 0.3) is 0 Å². The van der Waals surface area contributed by atoms with Gasteiger partial charge in [-0.15, -0.1) is 0 Å². The van der Waals surface area contributed by atoms with Crippen LogP contribution in [-0.4, -0.2) is 5.78 Å². The van der Waals surface area contributed by atoms with Crippen molar-refractivity contribution in [3.63, 3.8) is 0 Å². The van der Waals surface area contributed by atoms with Crippen molar-refractivity contribution in [2.75, 3.05) is 0 Å². The average molecular weight is 127 g/mol. The van der Waals surface area contributed by atoms with Gasteiger partial charge in [0, 0.05) is 12.8 Å². The Morgan fingerprint density at radius 2 is 2.11 bits per heavy atom. The number of hydrogen-bond donors (Lipinski definition) is 0. The third kappa shape index (κ3) is 5.54. The van der Waals surface area contributed by atoms with Gasteiger partial charge in [-0.3, -0.25) is 4.79 Å². The standard InChI is InChI=1S/C8H15O/c1-3-5-6-7-8(9)4-2/h2-7H2,1H3. The van der Waals surface area contributed by atoms with Gasteiger partial charge in [-0.2, -0.15) is 0 Å². The van der Waals surface area contributed by atoms with Gasteiger partial charge in [0.1, 0.15) is 5.78 Å². The van der Waals surface area contributed by atoms with Crippen LogP contribution in [0.2, 0.25) is 0 Å². The molecule has 1 radical (unpaired) electrons. The first-order chi connectivity index (χ1) is 4.31. The molecule has 0 heterocycles. The smallest absolute Gasteiger partial charge is 0.132 e. The molecule has 1 nitrogen and oxygen atoms in total. The van der Waals surface area contributed by atoms with Gasteiger partial charge in [-0.05, 0) is 13.3 Å². The summed E-state index contributed by atoms with van der Waals surface area (Å²) < 4.78 is 0. The Balaban J connectivity index is 2.97. The number of Topliss-reactive ketones (excluding diaryl/α,β-unsaturated/α-hetero) is 1. The van der Waals surface area contributed by atoms with Gasteiger partial charge in [0.15, 0.2) is 0 Å². The summed E-state index contributed by atoms with van der Waals surface area (Å²) in [6, 6.07) is 0. The molecule has 1 heteroatoms. The SMILES string of the molecule is [CH2]CC(=O)CCCCC. The highest BCUT2D eigenvalue weighted by molar-refractivity contribution is 5.78. The quantitative estimate of drug-likeness (QED) is 0.518. The molecule has 0 aromatic carbocycles. The van der Waals surface area contributed by atoms with Crippen LogP contribution >= 0.6 is 0 Å². The number of carbonyl (C=O) groups excluding carboxylic acids is 1. The summed E-state index contributed by atoms with van der Waals surface area (Å²) in [5.74, 6) is 0.295. The fourth-order valence-corrected chi connectivity index (χ4v) is 0.697. The first-order valence-electron chi connectivity index (χ1n) is 3.62. The molecule has 0 rings (SSSR count). The first-order valence-corrected chi connectivity index (χ1v) is 3.62. The number of unbranched alkanes of at least 4 members (excludes halogenated alkanes) is 2. The second-order valence-electron chi connectivity index (χ2n) is 2.25. The Morgan fingerprint density at radius 3 is 2.56 bits per heavy atom. The second-order valence-corrected chi connectivity index (χ2v) is 2.25. The maximum Gasteiger partial charge on any atom is 0.132 e. The number of ketones is 1. The summed E-state index contributed by atoms with van der Waals surface area (Å²) in [7, 11) is 0. The molecule has 0 unspecified atom stereocenters. The Labute approximate surface area is 57.5 Å². The predicted molar refractivity (Wildman–Crippen MR) is 39.1 cm³/mol. The maximum atomic E-state index is 10.6. The van der Waals surface area contributed by atoms with Crippen LogP contribution in [0.5, 0.6) is 0 Å². The molecule has 0 spiro atoms. The van der Waals surface area contributed by atoms with Gasteiger partial charge in [0.05, 0.1) is 0 Å². The van der Waals surface area contributed by atoms with Crippen molar-refractivity contribution in [2.45, 2.75) is 39.0 Å². The lowest BCUT2D eigenvalue weighted by molar-refractivity contribution is -0.118. The summed E-state index contributed by atoms with van der Waals surface area (Å²) in [6.07, 6.45) is 4.60. The van der Waals surface area contributed by atoms with E-state index in [-0.39, 0.29) is 0 Å². The van der Waals surface area contributed by atoms with Crippen LogP contribution in [0.1, 0.15) is 39.0 Å². The molecule has 53 valence electrons. The molecule has 0 aromatic rings. The van der Waals surface area contributed by atoms with E-state index >= 15 is 0 Å². The summed E-state index contributed by atoms with van der Waals surface area (Å²) in [6.45, 7) is 5.65. The molecule has 0 fully saturated rings. The lowest BCUT2D eigenvalue weighted by Gasteiger charge is -1.93. The zero-order valence-corrected chi connectivity index (χ0v) is 6.15. The zero-order valence-electron chi connectivity index (χ0n) is 6.15. The Hall–Kier alpha value is -0.330. The molecule has 0 saturated carbocycles. The molecule has 0 bridgehead atoms. The van der Waals surface area contributed by atoms with Gasteiger partial charge >= 0.3 is 0 Å². The summed E-state index contributed by atoms with van der Waals surface area (Å²) in [5.41, 5.74) is 0. The average Bonchev–Trinajstić information content (AvgIpc) is 1.89. The number of rotatable bonds is 5. The first kappa shape index (κ1) is 8.67. The minimum Gasteiger partial charge on any atom is -0.300 e. The highest BCUT2D eigenvalue weighted by Gasteiger charge is 1.95. The Kier molecular flexibility index (Phi) is 5.59. The van der Waals surface area contributed by atoms with Crippen LogP contribution < -0.4 is 0 Å². The fraction of sp³-hybridized carbons (Fsp3) is 0.750. The van der Waals surface area contributed by atoms with Crippen LogP contribution in [0, 0.1) is 6.92 Å². The molecule has 9 heavy (non-hydrogen) atoms. The van der Waals surface area contributed by atoms with E-state index < -0.39 is 0 Å². The largest absolute Gasteiger partial charge is 0.300 e. The van der Waals surface area contributed by atoms with Gasteiger partial charge in [0.2, 0.25) is 0 Å². The Morgan fingerprint density at radius 1 is 1.44 bits per heavy atom. The molecule has 0 saturated heterocycles. The van der Waals surface area contributed by atoms with Gasteiger partial charge in [0.25, 0.3) is 0 Å². The molecule has 0 N–H and O–H groups in total. The van der Waals surface area contributed by atoms with E-state index in [1.165, 1.54) is 12.8 Å². The van der Waals surface area contributed by atoms with Crippen molar-refractivity contribution in [3.8, 4) is 0 Å². The fourth-order valence-electron chi connectivity index (χ4n) is 0.697. The molecular formula is C8H15O. The Bertz CT molecular complexity index is 76.6. The van der Waals surface area contributed by atoms with Crippen LogP contribution in [0.3, 0.4) is 0 Å². The molecule has 0 atom stereocenters. The zero-order chi connectivity index (χ0) is 7.11. The molecule has 0 aliphatic rings. The van der Waals surface area contributed by atoms with Crippen molar-refractivity contribution >= 4 is 5.78 Å². The minimum atomic E-state index is 0.295. The van der Waals surface area contributed by atoms with Crippen LogP contribution in [0.15, 0.2) is 0 Å². The normalized spacial score (nSPS) is 9.56. The molecular weight excluding hydrogens is 112 g/mol. The highest BCUT2D eigenvalue weighted by Crippen LogP contribution is 2.00. The van der Waals surface area contributed by atoms with Crippen LogP contribution in [0.4, 0.5) is 0 Å². The van der Waals surface area contributed by atoms with Crippen molar-refractivity contribution in [2.24, 2.45) is 0 Å². The van der Waals surface area contributed by atoms with Gasteiger partial charge in [-0.25, -0.2) is 0 Å². The van der Waals surface area contributed by atoms with Crippen molar-refractivity contribution < 1.29 is 4.79 Å². The van der Waals surface area contributed by atoms with Crippen LogP contribution in [-0.2, 0) is 4.79 Å². The number of hydrogen-bond acceptors (Lipinski definition) is 1. The molecule has 0 amide bonds. The summed E-state index contributed by atoms with van der Waals surface area (Å²) >= 11 is 0. The minimum absolute atomic E-state index is 0.295. The lowest BCUT2D eigenvalue weighted by Crippen LogP contribution is -1.93. The van der Waals surface area contributed by atoms with Crippen molar-refractivity contribution in [3.05, 3.63) is 6.92 Å². The molecule has 0 aliphatic carbocycles. The van der Waals surface area contributed by atoms with E-state index in [1.54, 1.807) is 0 Å². The van der Waals surface area contributed by atoms with Crippen molar-refractivity contribution in [1.29, 1.82) is 0 Å². The monoisotopic (exact) mass is 127 g/mol. The topological polar surface area (TPSA) is 17.1 Å². The van der Waals surface area contributed by atoms with E-state index in [0.29, 0.717) is 12.2 Å². The lowest BCUT2D eigenvalue weighted by atomic mass is 10.1. The van der Waals surface area contributed by atoms with E-state index in [9.17, 15) is 4.79 Å². The van der Waals surface area contributed by atoms with Gasteiger partial charge in [-0.1, -0.05) is 19.8 Å². The highest BCUT2D eigenvalue weighted by atomic mass is 16.1. The van der Waals surface area contributed by atoms with Crippen molar-refractivity contribution in [1.82, 2.24) is 0 Å². The third-order valence-corrected chi connectivity index (χ3v) is 1.34. The van der Waals surface area contributed by atoms with Gasteiger partial charge < -0.3 is 0 Å². The number of carbonyl (C=O) groups is 1. The molecule has 0 aromatic heterocycles. The van der Waals surface area contributed by atoms with E-state index in [0.717, 1.165) is 12.8 Å². The maximum absolute atomic E-state index is 10.6.